The van der Waals surface area contributed by atoms with Crippen molar-refractivity contribution < 1.29 is 0 Å². The van der Waals surface area contributed by atoms with Crippen LogP contribution in [-0.2, 0) is 19.9 Å². The third kappa shape index (κ3) is 3.22. The molecule has 0 saturated carbocycles. The molecule has 2 atom stereocenters. The predicted molar refractivity (Wildman–Crippen MR) is 89.0 cm³/mol. The van der Waals surface area contributed by atoms with Crippen LogP contribution in [0.5, 0.6) is 0 Å². The first-order chi connectivity index (χ1) is 10.3. The van der Waals surface area contributed by atoms with Gasteiger partial charge in [-0.2, -0.15) is 5.10 Å². The molecule has 3 nitrogen and oxygen atoms in total. The lowest BCUT2D eigenvalue weighted by Crippen LogP contribution is -2.36. The molecule has 2 aromatic heterocycles. The summed E-state index contributed by atoms with van der Waals surface area (Å²) in [7, 11) is 2.04. The molecule has 3 rings (SSSR count). The summed E-state index contributed by atoms with van der Waals surface area (Å²) in [6, 6.07) is 5.08. The Morgan fingerprint density at radius 3 is 3.14 bits per heavy atom. The third-order valence-electron chi connectivity index (χ3n) is 4.68. The molecule has 4 heteroatoms. The zero-order chi connectivity index (χ0) is 14.7. The summed E-state index contributed by atoms with van der Waals surface area (Å²) < 4.78 is 2.00. The van der Waals surface area contributed by atoms with Crippen molar-refractivity contribution in [3.05, 3.63) is 39.8 Å². The molecular weight excluding hydrogens is 278 g/mol. The van der Waals surface area contributed by atoms with Crippen LogP contribution < -0.4 is 5.32 Å². The lowest BCUT2D eigenvalue weighted by molar-refractivity contribution is 0.378. The second-order valence-electron chi connectivity index (χ2n) is 5.95. The number of likely N-dealkylation sites (N-methyl/N-ethyl adjacent to an activating group) is 1. The molecule has 0 fully saturated rings. The van der Waals surface area contributed by atoms with E-state index < -0.39 is 0 Å². The lowest BCUT2D eigenvalue weighted by atomic mass is 9.80. The van der Waals surface area contributed by atoms with Gasteiger partial charge < -0.3 is 5.32 Å². The maximum absolute atomic E-state index is 4.28. The second kappa shape index (κ2) is 6.75. The first kappa shape index (κ1) is 14.8. The zero-order valence-corrected chi connectivity index (χ0v) is 13.8. The van der Waals surface area contributed by atoms with E-state index in [1.54, 1.807) is 10.4 Å². The Bertz CT molecular complexity index is 572. The van der Waals surface area contributed by atoms with Crippen LogP contribution in [0.2, 0.25) is 0 Å². The van der Waals surface area contributed by atoms with Gasteiger partial charge in [-0.3, -0.25) is 4.68 Å². The van der Waals surface area contributed by atoms with Crippen LogP contribution in [0.4, 0.5) is 0 Å². The Balaban J connectivity index is 1.72. The van der Waals surface area contributed by atoms with Crippen LogP contribution in [0.15, 0.2) is 23.7 Å². The highest BCUT2D eigenvalue weighted by Crippen LogP contribution is 2.38. The standard InChI is InChI=1S/C17H25N3S/c1-3-18-16(8-7-13-9-11-19-20(13)2)14-5-4-6-17-15(14)10-12-21-17/h9-12,14,16,18H,3-8H2,1-2H3. The molecule has 1 N–H and O–H groups in total. The first-order valence-electron chi connectivity index (χ1n) is 8.06. The number of nitrogens with zero attached hydrogens (tertiary/aromatic N) is 2. The van der Waals surface area contributed by atoms with E-state index in [9.17, 15) is 0 Å². The molecule has 0 radical (unpaired) electrons. The average Bonchev–Trinajstić information content (AvgIpc) is 3.12. The Labute approximate surface area is 131 Å². The summed E-state index contributed by atoms with van der Waals surface area (Å²) in [6.07, 6.45) is 8.13. The Morgan fingerprint density at radius 2 is 2.38 bits per heavy atom. The van der Waals surface area contributed by atoms with Crippen LogP contribution in [-0.4, -0.2) is 22.4 Å². The number of thiophene rings is 1. The van der Waals surface area contributed by atoms with Gasteiger partial charge in [-0.15, -0.1) is 11.3 Å². The van der Waals surface area contributed by atoms with Crippen LogP contribution >= 0.6 is 11.3 Å². The largest absolute Gasteiger partial charge is 0.314 e. The maximum atomic E-state index is 4.28. The molecule has 1 aliphatic rings. The van der Waals surface area contributed by atoms with Crippen molar-refractivity contribution in [2.24, 2.45) is 7.05 Å². The normalized spacial score (nSPS) is 19.4. The van der Waals surface area contributed by atoms with Crippen molar-refractivity contribution in [3.8, 4) is 0 Å². The van der Waals surface area contributed by atoms with E-state index in [-0.39, 0.29) is 0 Å². The SMILES string of the molecule is CCNC(CCc1ccnn1C)C1CCCc2sccc21. The highest BCUT2D eigenvalue weighted by atomic mass is 32.1. The van der Waals surface area contributed by atoms with Gasteiger partial charge in [0.25, 0.3) is 0 Å². The Hall–Kier alpha value is -1.13. The van der Waals surface area contributed by atoms with E-state index in [1.807, 2.05) is 29.3 Å². The molecule has 2 heterocycles. The summed E-state index contributed by atoms with van der Waals surface area (Å²) in [5.74, 6) is 0.688. The van der Waals surface area contributed by atoms with E-state index >= 15 is 0 Å². The summed E-state index contributed by atoms with van der Waals surface area (Å²) in [5.41, 5.74) is 2.95. The molecule has 0 spiro atoms. The molecule has 1 aliphatic carbocycles. The fourth-order valence-corrected chi connectivity index (χ4v) is 4.59. The molecule has 2 aromatic rings. The fourth-order valence-electron chi connectivity index (χ4n) is 3.60. The molecular formula is C17H25N3S. The number of aromatic nitrogens is 2. The van der Waals surface area contributed by atoms with Crippen LogP contribution in [0.1, 0.15) is 48.2 Å². The number of aryl methyl sites for hydroxylation is 3. The lowest BCUT2D eigenvalue weighted by Gasteiger charge is -2.31. The molecule has 0 aliphatic heterocycles. The summed E-state index contributed by atoms with van der Waals surface area (Å²) in [6.45, 7) is 3.26. The number of hydrogen-bond donors (Lipinski definition) is 1. The monoisotopic (exact) mass is 303 g/mol. The van der Waals surface area contributed by atoms with Gasteiger partial charge in [-0.1, -0.05) is 6.92 Å². The molecule has 0 bridgehead atoms. The minimum absolute atomic E-state index is 0.582. The topological polar surface area (TPSA) is 29.9 Å². The number of nitrogens with one attached hydrogen (secondary N) is 1. The Morgan fingerprint density at radius 1 is 1.48 bits per heavy atom. The van der Waals surface area contributed by atoms with Gasteiger partial charge in [-0.05, 0) is 61.7 Å². The maximum Gasteiger partial charge on any atom is 0.0492 e. The van der Waals surface area contributed by atoms with Gasteiger partial charge in [0.15, 0.2) is 0 Å². The molecule has 0 aromatic carbocycles. The van der Waals surface area contributed by atoms with Crippen LogP contribution in [0.25, 0.3) is 0 Å². The number of hydrogen-bond acceptors (Lipinski definition) is 3. The number of rotatable bonds is 6. The van der Waals surface area contributed by atoms with Crippen LogP contribution in [0, 0.1) is 0 Å². The zero-order valence-electron chi connectivity index (χ0n) is 13.0. The Kier molecular flexibility index (Phi) is 4.76. The van der Waals surface area contributed by atoms with Crippen molar-refractivity contribution in [2.45, 2.75) is 51.0 Å². The van der Waals surface area contributed by atoms with Crippen molar-refractivity contribution in [1.29, 1.82) is 0 Å². The van der Waals surface area contributed by atoms with Gasteiger partial charge in [0, 0.05) is 35.8 Å². The minimum Gasteiger partial charge on any atom is -0.314 e. The quantitative estimate of drug-likeness (QED) is 0.885. The van der Waals surface area contributed by atoms with Gasteiger partial charge in [0.2, 0.25) is 0 Å². The fraction of sp³-hybridized carbons (Fsp3) is 0.588. The van der Waals surface area contributed by atoms with Crippen LogP contribution in [0.3, 0.4) is 0 Å². The highest BCUT2D eigenvalue weighted by molar-refractivity contribution is 7.10. The van der Waals surface area contributed by atoms with Gasteiger partial charge >= 0.3 is 0 Å². The highest BCUT2D eigenvalue weighted by Gasteiger charge is 2.28. The van der Waals surface area contributed by atoms with Crippen molar-refractivity contribution in [3.63, 3.8) is 0 Å². The molecule has 21 heavy (non-hydrogen) atoms. The molecule has 2 unspecified atom stereocenters. The number of fused-ring (bicyclic) bond motifs is 1. The molecule has 0 amide bonds. The van der Waals surface area contributed by atoms with Crippen molar-refractivity contribution >= 4 is 11.3 Å². The van der Waals surface area contributed by atoms with E-state index in [2.05, 4.69) is 34.9 Å². The smallest absolute Gasteiger partial charge is 0.0492 e. The molecule has 0 saturated heterocycles. The van der Waals surface area contributed by atoms with Crippen molar-refractivity contribution in [2.75, 3.05) is 6.54 Å². The summed E-state index contributed by atoms with van der Waals surface area (Å²) in [4.78, 5) is 1.62. The minimum atomic E-state index is 0.582. The van der Waals surface area contributed by atoms with Gasteiger partial charge in [0.05, 0.1) is 0 Å². The first-order valence-corrected chi connectivity index (χ1v) is 8.94. The van der Waals surface area contributed by atoms with Crippen molar-refractivity contribution in [1.82, 2.24) is 15.1 Å². The third-order valence-corrected chi connectivity index (χ3v) is 5.68. The second-order valence-corrected chi connectivity index (χ2v) is 6.95. The van der Waals surface area contributed by atoms with E-state index in [0.29, 0.717) is 12.0 Å². The van der Waals surface area contributed by atoms with Gasteiger partial charge in [-0.25, -0.2) is 0 Å². The predicted octanol–water partition coefficient (Wildman–Crippen LogP) is 3.51. The van der Waals surface area contributed by atoms with E-state index in [4.69, 9.17) is 0 Å². The summed E-state index contributed by atoms with van der Waals surface area (Å²) >= 11 is 1.94. The van der Waals surface area contributed by atoms with Gasteiger partial charge in [0.1, 0.15) is 0 Å². The van der Waals surface area contributed by atoms with E-state index in [1.165, 1.54) is 31.4 Å². The summed E-state index contributed by atoms with van der Waals surface area (Å²) in [5, 5.41) is 10.3. The molecule has 114 valence electrons. The average molecular weight is 303 g/mol. The van der Waals surface area contributed by atoms with E-state index in [0.717, 1.165) is 13.0 Å².